The van der Waals surface area contributed by atoms with Gasteiger partial charge in [-0.25, -0.2) is 4.98 Å². The molecule has 2 aromatic carbocycles. The van der Waals surface area contributed by atoms with Crippen molar-refractivity contribution < 1.29 is 4.79 Å². The van der Waals surface area contributed by atoms with Crippen LogP contribution in [0.25, 0.3) is 0 Å². The Balaban J connectivity index is 1.54. The van der Waals surface area contributed by atoms with Gasteiger partial charge in [-0.05, 0) is 56.7 Å². The van der Waals surface area contributed by atoms with Gasteiger partial charge < -0.3 is 0 Å². The van der Waals surface area contributed by atoms with Crippen molar-refractivity contribution in [3.8, 4) is 0 Å². The third-order valence-corrected chi connectivity index (χ3v) is 7.19. The van der Waals surface area contributed by atoms with Gasteiger partial charge in [0.05, 0.1) is 6.54 Å². The van der Waals surface area contributed by atoms with Crippen LogP contribution in [0.4, 0.5) is 0 Å². The molecule has 1 saturated heterocycles. The van der Waals surface area contributed by atoms with E-state index >= 15 is 0 Å². The lowest BCUT2D eigenvalue weighted by Crippen LogP contribution is -2.48. The minimum atomic E-state index is -0.349. The zero-order chi connectivity index (χ0) is 21.4. The first-order valence-corrected chi connectivity index (χ1v) is 11.3. The fourth-order valence-corrected chi connectivity index (χ4v) is 6.08. The summed E-state index contributed by atoms with van der Waals surface area (Å²) in [6.07, 6.45) is 5.17. The van der Waals surface area contributed by atoms with Crippen LogP contribution < -0.4 is 0 Å². The van der Waals surface area contributed by atoms with E-state index in [0.717, 1.165) is 31.6 Å². The molecule has 0 bridgehead atoms. The molecular formula is C26H30N4O. The Labute approximate surface area is 183 Å². The van der Waals surface area contributed by atoms with Crippen molar-refractivity contribution >= 4 is 5.78 Å². The number of aryl methyl sites for hydroxylation is 2. The van der Waals surface area contributed by atoms with Gasteiger partial charge in [-0.2, -0.15) is 5.10 Å². The molecule has 0 radical (unpaired) electrons. The maximum atomic E-state index is 13.8. The van der Waals surface area contributed by atoms with Gasteiger partial charge in [0.1, 0.15) is 12.1 Å². The van der Waals surface area contributed by atoms with Crippen LogP contribution in [0.15, 0.2) is 54.9 Å². The Kier molecular flexibility index (Phi) is 5.22. The fourth-order valence-electron chi connectivity index (χ4n) is 6.08. The second-order valence-corrected chi connectivity index (χ2v) is 9.41. The normalized spacial score (nSPS) is 26.6. The quantitative estimate of drug-likeness (QED) is 0.660. The molecule has 3 atom stereocenters. The smallest absolute Gasteiger partial charge is 0.164 e. The Morgan fingerprint density at radius 1 is 1.10 bits per heavy atom. The highest BCUT2D eigenvalue weighted by Gasteiger charge is 2.55. The molecule has 31 heavy (non-hydrogen) atoms. The first kappa shape index (κ1) is 20.1. The predicted molar refractivity (Wildman–Crippen MR) is 121 cm³/mol. The molecule has 5 nitrogen and oxygen atoms in total. The van der Waals surface area contributed by atoms with Crippen LogP contribution in [0.2, 0.25) is 0 Å². The summed E-state index contributed by atoms with van der Waals surface area (Å²) in [6, 6.07) is 17.4. The lowest BCUT2D eigenvalue weighted by Gasteiger charge is -2.47. The molecule has 1 aliphatic carbocycles. The molecule has 0 amide bonds. The number of piperidine rings is 1. The third-order valence-electron chi connectivity index (χ3n) is 7.19. The Hall–Kier alpha value is -2.79. The molecule has 1 spiro atoms. The molecule has 2 fully saturated rings. The summed E-state index contributed by atoms with van der Waals surface area (Å²) >= 11 is 0. The molecule has 5 rings (SSSR count). The summed E-state index contributed by atoms with van der Waals surface area (Å²) in [4.78, 5) is 20.6. The summed E-state index contributed by atoms with van der Waals surface area (Å²) in [7, 11) is 0. The van der Waals surface area contributed by atoms with E-state index in [4.69, 9.17) is 0 Å². The van der Waals surface area contributed by atoms with Crippen LogP contribution in [0.3, 0.4) is 0 Å². The predicted octanol–water partition coefficient (Wildman–Crippen LogP) is 4.89. The van der Waals surface area contributed by atoms with E-state index in [-0.39, 0.29) is 11.5 Å². The van der Waals surface area contributed by atoms with Crippen molar-refractivity contribution in [2.75, 3.05) is 6.54 Å². The second kappa shape index (κ2) is 8.04. The van der Waals surface area contributed by atoms with Crippen LogP contribution >= 0.6 is 0 Å². The first-order chi connectivity index (χ1) is 15.0. The van der Waals surface area contributed by atoms with Crippen molar-refractivity contribution in [2.24, 2.45) is 5.41 Å². The molecule has 3 aromatic rings. The monoisotopic (exact) mass is 414 g/mol. The maximum Gasteiger partial charge on any atom is 0.164 e. The Bertz CT molecular complexity index is 1040. The topological polar surface area (TPSA) is 61.9 Å². The van der Waals surface area contributed by atoms with E-state index in [1.54, 1.807) is 6.33 Å². The number of aromatic amines is 1. The number of benzene rings is 2. The number of aromatic nitrogens is 3. The van der Waals surface area contributed by atoms with Gasteiger partial charge in [0.2, 0.25) is 0 Å². The molecule has 160 valence electrons. The largest absolute Gasteiger partial charge is 0.299 e. The average Bonchev–Trinajstić information content (AvgIpc) is 3.37. The van der Waals surface area contributed by atoms with E-state index in [2.05, 4.69) is 76.4 Å². The summed E-state index contributed by atoms with van der Waals surface area (Å²) in [6.45, 7) is 5.91. The number of ketones is 1. The molecule has 1 aliphatic heterocycles. The van der Waals surface area contributed by atoms with Crippen LogP contribution in [-0.2, 0) is 11.3 Å². The highest BCUT2D eigenvalue weighted by molar-refractivity contribution is 5.89. The second-order valence-electron chi connectivity index (χ2n) is 9.41. The van der Waals surface area contributed by atoms with Crippen LogP contribution in [0.1, 0.15) is 65.7 Å². The van der Waals surface area contributed by atoms with E-state index in [9.17, 15) is 4.79 Å². The minimum Gasteiger partial charge on any atom is -0.299 e. The molecule has 1 saturated carbocycles. The van der Waals surface area contributed by atoms with Crippen LogP contribution in [-0.4, -0.2) is 32.4 Å². The molecule has 2 aliphatic rings. The number of nitrogens with zero attached hydrogens (tertiary/aromatic N) is 3. The van der Waals surface area contributed by atoms with Crippen molar-refractivity contribution in [1.82, 2.24) is 20.1 Å². The number of Topliss-reactive ketones (excluding diaryl/α,β-unsaturated/α-hetero) is 1. The van der Waals surface area contributed by atoms with Gasteiger partial charge in [-0.15, -0.1) is 0 Å². The number of likely N-dealkylation sites (tertiary alicyclic amines) is 1. The highest BCUT2D eigenvalue weighted by atomic mass is 16.1. The summed E-state index contributed by atoms with van der Waals surface area (Å²) in [5, 5.41) is 7.12. The summed E-state index contributed by atoms with van der Waals surface area (Å²) in [5.74, 6) is 1.50. The summed E-state index contributed by atoms with van der Waals surface area (Å²) < 4.78 is 0. The zero-order valence-corrected chi connectivity index (χ0v) is 18.3. The van der Waals surface area contributed by atoms with Gasteiger partial charge in [0, 0.05) is 17.9 Å². The standard InChI is InChI=1S/C26H30N4O/c1-18-11-19(2)13-21(12-18)22-14-23(31)26(15-22)9-6-10-30(16-24-27-17-28-29-24)25(26)20-7-4-3-5-8-20/h3-5,7-8,11-13,17,22,25H,6,9-10,14-16H2,1-2H3,(H,27,28,29). The van der Waals surface area contributed by atoms with Crippen LogP contribution in [0, 0.1) is 19.3 Å². The van der Waals surface area contributed by atoms with Gasteiger partial charge >= 0.3 is 0 Å². The van der Waals surface area contributed by atoms with E-state index < -0.39 is 0 Å². The molecular weight excluding hydrogens is 384 g/mol. The molecule has 3 unspecified atom stereocenters. The van der Waals surface area contributed by atoms with Crippen molar-refractivity contribution in [1.29, 1.82) is 0 Å². The molecule has 2 heterocycles. The number of hydrogen-bond donors (Lipinski definition) is 1. The summed E-state index contributed by atoms with van der Waals surface area (Å²) in [5.41, 5.74) is 4.75. The number of carbonyl (C=O) groups excluding carboxylic acids is 1. The zero-order valence-electron chi connectivity index (χ0n) is 18.3. The highest BCUT2D eigenvalue weighted by Crippen LogP contribution is 2.57. The van der Waals surface area contributed by atoms with E-state index in [0.29, 0.717) is 24.7 Å². The Morgan fingerprint density at radius 3 is 2.58 bits per heavy atom. The van der Waals surface area contributed by atoms with Crippen molar-refractivity contribution in [3.63, 3.8) is 0 Å². The first-order valence-electron chi connectivity index (χ1n) is 11.3. The molecule has 1 aromatic heterocycles. The number of hydrogen-bond acceptors (Lipinski definition) is 4. The van der Waals surface area contributed by atoms with Gasteiger partial charge in [-0.3, -0.25) is 14.8 Å². The number of rotatable bonds is 4. The number of H-pyrrole nitrogens is 1. The minimum absolute atomic E-state index is 0.0596. The van der Waals surface area contributed by atoms with Crippen molar-refractivity contribution in [3.05, 3.63) is 82.9 Å². The Morgan fingerprint density at radius 2 is 1.87 bits per heavy atom. The average molecular weight is 415 g/mol. The number of carbonyl (C=O) groups is 1. The van der Waals surface area contributed by atoms with Gasteiger partial charge in [-0.1, -0.05) is 59.7 Å². The molecule has 1 N–H and O–H groups in total. The maximum absolute atomic E-state index is 13.8. The lowest BCUT2D eigenvalue weighted by atomic mass is 9.68. The van der Waals surface area contributed by atoms with Crippen LogP contribution in [0.5, 0.6) is 0 Å². The van der Waals surface area contributed by atoms with Gasteiger partial charge in [0.25, 0.3) is 0 Å². The van der Waals surface area contributed by atoms with Crippen molar-refractivity contribution in [2.45, 2.75) is 58.0 Å². The molecule has 5 heteroatoms. The lowest BCUT2D eigenvalue weighted by molar-refractivity contribution is -0.133. The van der Waals surface area contributed by atoms with Gasteiger partial charge in [0.15, 0.2) is 5.82 Å². The SMILES string of the molecule is Cc1cc(C)cc(C2CC(=O)C3(CCCN(Cc4nc[nH]n4)C3c3ccccc3)C2)c1. The van der Waals surface area contributed by atoms with E-state index in [1.807, 2.05) is 6.07 Å². The van der Waals surface area contributed by atoms with E-state index in [1.165, 1.54) is 22.3 Å². The third kappa shape index (κ3) is 3.72. The number of nitrogens with one attached hydrogen (secondary N) is 1. The fraction of sp³-hybridized carbons (Fsp3) is 0.423.